The summed E-state index contributed by atoms with van der Waals surface area (Å²) in [6.07, 6.45) is 2.59. The Bertz CT molecular complexity index is 463. The average molecular weight is 206 g/mol. The Morgan fingerprint density at radius 1 is 1.53 bits per heavy atom. The van der Waals surface area contributed by atoms with Crippen molar-refractivity contribution in [3.8, 4) is 0 Å². The quantitative estimate of drug-likeness (QED) is 0.700. The third-order valence-corrected chi connectivity index (χ3v) is 2.29. The fraction of sp³-hybridized carbons (Fsp3) is 0.444. The van der Waals surface area contributed by atoms with E-state index in [1.807, 2.05) is 0 Å². The highest BCUT2D eigenvalue weighted by molar-refractivity contribution is 5.83. The molecule has 80 valence electrons. The zero-order valence-electron chi connectivity index (χ0n) is 8.78. The number of nitrogens with two attached hydrogens (primary N) is 1. The lowest BCUT2D eigenvalue weighted by molar-refractivity contribution is 0.760. The van der Waals surface area contributed by atoms with Crippen molar-refractivity contribution in [1.82, 2.24) is 19.9 Å². The first-order valence-corrected chi connectivity index (χ1v) is 4.93. The van der Waals surface area contributed by atoms with Gasteiger partial charge in [-0.3, -0.25) is 0 Å². The van der Waals surface area contributed by atoms with E-state index in [2.05, 4.69) is 39.1 Å². The Balaban J connectivity index is 2.44. The van der Waals surface area contributed by atoms with Crippen LogP contribution in [0.15, 0.2) is 6.33 Å². The van der Waals surface area contributed by atoms with Gasteiger partial charge in [-0.1, -0.05) is 6.92 Å². The minimum absolute atomic E-state index is 0.248. The van der Waals surface area contributed by atoms with Gasteiger partial charge in [0.2, 0.25) is 5.95 Å². The largest absolute Gasteiger partial charge is 0.368 e. The smallest absolute Gasteiger partial charge is 0.224 e. The molecule has 0 radical (unpaired) electrons. The lowest BCUT2D eigenvalue weighted by Crippen LogP contribution is -2.15. The number of fused-ring (bicyclic) bond motifs is 1. The van der Waals surface area contributed by atoms with Crippen LogP contribution >= 0.6 is 0 Å². The van der Waals surface area contributed by atoms with Gasteiger partial charge in [-0.25, -0.2) is 4.98 Å². The topological polar surface area (TPSA) is 92.5 Å². The zero-order valence-corrected chi connectivity index (χ0v) is 8.78. The van der Waals surface area contributed by atoms with Gasteiger partial charge in [-0.05, 0) is 13.3 Å². The number of aromatic nitrogens is 4. The van der Waals surface area contributed by atoms with E-state index in [1.165, 1.54) is 0 Å². The molecule has 6 heteroatoms. The van der Waals surface area contributed by atoms with E-state index in [-0.39, 0.29) is 5.95 Å². The van der Waals surface area contributed by atoms with Crippen LogP contribution in [0.4, 0.5) is 11.8 Å². The fourth-order valence-corrected chi connectivity index (χ4v) is 1.29. The second kappa shape index (κ2) is 3.72. The van der Waals surface area contributed by atoms with E-state index in [1.54, 1.807) is 6.33 Å². The van der Waals surface area contributed by atoms with Crippen molar-refractivity contribution in [3.05, 3.63) is 6.33 Å². The molecule has 0 unspecified atom stereocenters. The van der Waals surface area contributed by atoms with E-state index >= 15 is 0 Å². The van der Waals surface area contributed by atoms with E-state index < -0.39 is 0 Å². The van der Waals surface area contributed by atoms with Crippen molar-refractivity contribution < 1.29 is 0 Å². The number of nitrogen functional groups attached to an aromatic ring is 1. The molecule has 0 saturated heterocycles. The van der Waals surface area contributed by atoms with Gasteiger partial charge in [-0.2, -0.15) is 9.97 Å². The number of H-pyrrole nitrogens is 1. The van der Waals surface area contributed by atoms with Crippen LogP contribution in [0.1, 0.15) is 20.3 Å². The molecule has 0 fully saturated rings. The number of hydrogen-bond donors (Lipinski definition) is 3. The summed E-state index contributed by atoms with van der Waals surface area (Å²) in [6, 6.07) is 0.333. The highest BCUT2D eigenvalue weighted by Crippen LogP contribution is 2.18. The first kappa shape index (κ1) is 9.70. The average Bonchev–Trinajstić information content (AvgIpc) is 2.65. The predicted octanol–water partition coefficient (Wildman–Crippen LogP) is 1.15. The van der Waals surface area contributed by atoms with E-state index in [0.717, 1.165) is 11.9 Å². The monoisotopic (exact) mass is 206 g/mol. The van der Waals surface area contributed by atoms with Gasteiger partial charge < -0.3 is 16.0 Å². The molecule has 0 amide bonds. The molecule has 0 aliphatic heterocycles. The maximum Gasteiger partial charge on any atom is 0.224 e. The van der Waals surface area contributed by atoms with Gasteiger partial charge in [0.05, 0.1) is 6.33 Å². The van der Waals surface area contributed by atoms with Gasteiger partial charge >= 0.3 is 0 Å². The molecule has 1 atom stereocenters. The van der Waals surface area contributed by atoms with E-state index in [0.29, 0.717) is 17.5 Å². The molecule has 2 aromatic heterocycles. The lowest BCUT2D eigenvalue weighted by atomic mass is 10.2. The molecule has 2 rings (SSSR count). The fourth-order valence-electron chi connectivity index (χ4n) is 1.29. The SMILES string of the molecule is CC[C@@H](C)Nc1nc(N)nc2[nH]cnc12. The third-order valence-electron chi connectivity index (χ3n) is 2.29. The van der Waals surface area contributed by atoms with Crippen LogP contribution in [-0.4, -0.2) is 26.0 Å². The van der Waals surface area contributed by atoms with Crippen LogP contribution in [0.25, 0.3) is 11.2 Å². The third kappa shape index (κ3) is 1.83. The summed E-state index contributed by atoms with van der Waals surface area (Å²) < 4.78 is 0. The second-order valence-electron chi connectivity index (χ2n) is 3.48. The van der Waals surface area contributed by atoms with Gasteiger partial charge in [0.25, 0.3) is 0 Å². The van der Waals surface area contributed by atoms with E-state index in [9.17, 15) is 0 Å². The van der Waals surface area contributed by atoms with Crippen LogP contribution in [-0.2, 0) is 0 Å². The molecular weight excluding hydrogens is 192 g/mol. The standard InChI is InChI=1S/C9H14N6/c1-3-5(2)13-8-6-7(12-4-11-6)14-9(10)15-8/h4-5H,3H2,1-2H3,(H4,10,11,12,13,14,15)/t5-/m1/s1. The molecule has 6 nitrogen and oxygen atoms in total. The number of imidazole rings is 1. The molecule has 0 saturated carbocycles. The van der Waals surface area contributed by atoms with Crippen LogP contribution in [0.3, 0.4) is 0 Å². The number of rotatable bonds is 3. The zero-order chi connectivity index (χ0) is 10.8. The highest BCUT2D eigenvalue weighted by atomic mass is 15.1. The summed E-state index contributed by atoms with van der Waals surface area (Å²) >= 11 is 0. The summed E-state index contributed by atoms with van der Waals surface area (Å²) in [5.74, 6) is 0.936. The van der Waals surface area contributed by atoms with E-state index in [4.69, 9.17) is 5.73 Å². The van der Waals surface area contributed by atoms with Crippen LogP contribution in [0, 0.1) is 0 Å². The van der Waals surface area contributed by atoms with Crippen molar-refractivity contribution in [3.63, 3.8) is 0 Å². The molecule has 0 bridgehead atoms. The second-order valence-corrected chi connectivity index (χ2v) is 3.48. The summed E-state index contributed by atoms with van der Waals surface area (Å²) in [5, 5.41) is 3.25. The molecule has 0 aliphatic carbocycles. The maximum atomic E-state index is 5.59. The highest BCUT2D eigenvalue weighted by Gasteiger charge is 2.09. The molecule has 2 aromatic rings. The minimum Gasteiger partial charge on any atom is -0.368 e. The van der Waals surface area contributed by atoms with Gasteiger partial charge in [0, 0.05) is 6.04 Å². The Hall–Kier alpha value is -1.85. The van der Waals surface area contributed by atoms with Crippen molar-refractivity contribution in [2.24, 2.45) is 0 Å². The first-order chi connectivity index (χ1) is 7.20. The number of aromatic amines is 1. The van der Waals surface area contributed by atoms with Crippen LogP contribution < -0.4 is 11.1 Å². The Morgan fingerprint density at radius 2 is 2.33 bits per heavy atom. The maximum absolute atomic E-state index is 5.59. The summed E-state index contributed by atoms with van der Waals surface area (Å²) in [5.41, 5.74) is 6.98. The normalized spacial score (nSPS) is 12.9. The summed E-state index contributed by atoms with van der Waals surface area (Å²) in [4.78, 5) is 15.2. The van der Waals surface area contributed by atoms with Crippen LogP contribution in [0.2, 0.25) is 0 Å². The first-order valence-electron chi connectivity index (χ1n) is 4.93. The Kier molecular flexibility index (Phi) is 2.40. The summed E-state index contributed by atoms with van der Waals surface area (Å²) in [7, 11) is 0. The molecular formula is C9H14N6. The Morgan fingerprint density at radius 3 is 3.07 bits per heavy atom. The molecule has 4 N–H and O–H groups in total. The lowest BCUT2D eigenvalue weighted by Gasteiger charge is -2.12. The molecule has 0 spiro atoms. The van der Waals surface area contributed by atoms with Gasteiger partial charge in [-0.15, -0.1) is 0 Å². The van der Waals surface area contributed by atoms with Crippen molar-refractivity contribution >= 4 is 22.9 Å². The number of nitrogens with one attached hydrogen (secondary N) is 2. The predicted molar refractivity (Wildman–Crippen MR) is 59.5 cm³/mol. The van der Waals surface area contributed by atoms with Crippen molar-refractivity contribution in [1.29, 1.82) is 0 Å². The van der Waals surface area contributed by atoms with Crippen molar-refractivity contribution in [2.45, 2.75) is 26.3 Å². The van der Waals surface area contributed by atoms with Crippen LogP contribution in [0.5, 0.6) is 0 Å². The molecule has 0 aromatic carbocycles. The number of nitrogens with zero attached hydrogens (tertiary/aromatic N) is 3. The number of hydrogen-bond acceptors (Lipinski definition) is 5. The van der Waals surface area contributed by atoms with Gasteiger partial charge in [0.1, 0.15) is 5.52 Å². The van der Waals surface area contributed by atoms with Gasteiger partial charge in [0.15, 0.2) is 11.5 Å². The summed E-state index contributed by atoms with van der Waals surface area (Å²) in [6.45, 7) is 4.18. The number of anilines is 2. The minimum atomic E-state index is 0.248. The molecule has 15 heavy (non-hydrogen) atoms. The molecule has 2 heterocycles. The van der Waals surface area contributed by atoms with Crippen molar-refractivity contribution in [2.75, 3.05) is 11.1 Å². The Labute approximate surface area is 87.3 Å². The molecule has 0 aliphatic rings.